The molecular formula is C21H33N3O3. The number of benzene rings is 1. The van der Waals surface area contributed by atoms with Crippen LogP contribution in [0, 0.1) is 5.92 Å². The minimum absolute atomic E-state index is 0.0157. The van der Waals surface area contributed by atoms with Crippen LogP contribution in [0.2, 0.25) is 0 Å². The van der Waals surface area contributed by atoms with E-state index in [9.17, 15) is 9.59 Å². The summed E-state index contributed by atoms with van der Waals surface area (Å²) in [5.41, 5.74) is 7.20. The lowest BCUT2D eigenvalue weighted by Gasteiger charge is -2.32. The van der Waals surface area contributed by atoms with Gasteiger partial charge in [-0.15, -0.1) is 0 Å². The monoisotopic (exact) mass is 375 g/mol. The van der Waals surface area contributed by atoms with Gasteiger partial charge < -0.3 is 20.3 Å². The molecule has 1 aliphatic rings. The van der Waals surface area contributed by atoms with Crippen molar-refractivity contribution in [1.29, 1.82) is 0 Å². The number of hydrogen-bond donors (Lipinski definition) is 1. The quantitative estimate of drug-likeness (QED) is 0.707. The van der Waals surface area contributed by atoms with E-state index in [0.29, 0.717) is 25.3 Å². The summed E-state index contributed by atoms with van der Waals surface area (Å²) in [5, 5.41) is 0. The number of carbonyl (C=O) groups is 2. The van der Waals surface area contributed by atoms with Crippen molar-refractivity contribution in [1.82, 2.24) is 9.80 Å². The Kier molecular flexibility index (Phi) is 8.25. The fraction of sp³-hybridized carbons (Fsp3) is 0.619. The standard InChI is InChI=1S/C21H33N3O3/c1-16(2)20(25)23(3)15-17-5-7-18(8-6-17)21(26)24-12-9-19(10-13-24)27-14-4-11-22/h5-8,16,19H,4,9-15,22H2,1-3H3. The fourth-order valence-corrected chi connectivity index (χ4v) is 3.29. The molecule has 0 spiro atoms. The van der Waals surface area contributed by atoms with Crippen LogP contribution in [0.3, 0.4) is 0 Å². The first-order valence-electron chi connectivity index (χ1n) is 9.87. The molecule has 0 saturated carbocycles. The average Bonchev–Trinajstić information content (AvgIpc) is 2.68. The number of hydrogen-bond acceptors (Lipinski definition) is 4. The van der Waals surface area contributed by atoms with E-state index in [4.69, 9.17) is 10.5 Å². The van der Waals surface area contributed by atoms with Crippen LogP contribution in [-0.2, 0) is 16.1 Å². The summed E-state index contributed by atoms with van der Waals surface area (Å²) >= 11 is 0. The molecule has 0 aromatic heterocycles. The third-order valence-corrected chi connectivity index (χ3v) is 4.92. The first-order valence-corrected chi connectivity index (χ1v) is 9.87. The second kappa shape index (κ2) is 10.4. The molecule has 150 valence electrons. The Hall–Kier alpha value is -1.92. The van der Waals surface area contributed by atoms with Crippen molar-refractivity contribution in [2.75, 3.05) is 33.3 Å². The van der Waals surface area contributed by atoms with Gasteiger partial charge in [0, 0.05) is 44.8 Å². The van der Waals surface area contributed by atoms with Gasteiger partial charge in [-0.2, -0.15) is 0 Å². The van der Waals surface area contributed by atoms with Crippen molar-refractivity contribution in [3.63, 3.8) is 0 Å². The lowest BCUT2D eigenvalue weighted by Crippen LogP contribution is -2.41. The van der Waals surface area contributed by atoms with E-state index < -0.39 is 0 Å². The Balaban J connectivity index is 1.84. The van der Waals surface area contributed by atoms with Gasteiger partial charge in [0.05, 0.1) is 6.10 Å². The average molecular weight is 376 g/mol. The zero-order chi connectivity index (χ0) is 19.8. The summed E-state index contributed by atoms with van der Waals surface area (Å²) in [7, 11) is 1.81. The van der Waals surface area contributed by atoms with E-state index >= 15 is 0 Å². The number of ether oxygens (including phenoxy) is 1. The van der Waals surface area contributed by atoms with Gasteiger partial charge in [-0.1, -0.05) is 26.0 Å². The zero-order valence-corrected chi connectivity index (χ0v) is 16.8. The Morgan fingerprint density at radius 1 is 1.22 bits per heavy atom. The normalized spacial score (nSPS) is 15.2. The topological polar surface area (TPSA) is 75.9 Å². The lowest BCUT2D eigenvalue weighted by molar-refractivity contribution is -0.133. The Bertz CT molecular complexity index is 608. The number of carbonyl (C=O) groups excluding carboxylic acids is 2. The van der Waals surface area contributed by atoms with Gasteiger partial charge in [0.25, 0.3) is 5.91 Å². The summed E-state index contributed by atoms with van der Waals surface area (Å²) in [6.07, 6.45) is 2.85. The highest BCUT2D eigenvalue weighted by atomic mass is 16.5. The first kappa shape index (κ1) is 21.4. The molecule has 0 aliphatic carbocycles. The summed E-state index contributed by atoms with van der Waals surface area (Å²) in [5.74, 6) is 0.165. The third kappa shape index (κ3) is 6.33. The molecule has 2 rings (SSSR count). The summed E-state index contributed by atoms with van der Waals surface area (Å²) in [6.45, 7) is 7.13. The summed E-state index contributed by atoms with van der Waals surface area (Å²) in [6, 6.07) is 7.57. The van der Waals surface area contributed by atoms with Crippen LogP contribution < -0.4 is 5.73 Å². The van der Waals surface area contributed by atoms with Gasteiger partial charge in [-0.3, -0.25) is 9.59 Å². The first-order chi connectivity index (χ1) is 12.9. The van der Waals surface area contributed by atoms with Crippen molar-refractivity contribution in [2.45, 2.75) is 45.8 Å². The molecule has 1 fully saturated rings. The van der Waals surface area contributed by atoms with Crippen molar-refractivity contribution < 1.29 is 14.3 Å². The van der Waals surface area contributed by atoms with Crippen molar-refractivity contribution in [2.24, 2.45) is 11.7 Å². The van der Waals surface area contributed by atoms with Crippen LogP contribution in [0.4, 0.5) is 0 Å². The van der Waals surface area contributed by atoms with Crippen molar-refractivity contribution in [3.8, 4) is 0 Å². The van der Waals surface area contributed by atoms with Crippen LogP contribution in [0.1, 0.15) is 49.0 Å². The number of rotatable bonds is 8. The lowest BCUT2D eigenvalue weighted by atomic mass is 10.1. The number of piperidine rings is 1. The second-order valence-corrected chi connectivity index (χ2v) is 7.55. The minimum atomic E-state index is -0.0157. The number of amides is 2. The van der Waals surface area contributed by atoms with E-state index in [2.05, 4.69) is 0 Å². The molecule has 0 atom stereocenters. The van der Waals surface area contributed by atoms with Crippen LogP contribution in [0.25, 0.3) is 0 Å². The molecule has 0 radical (unpaired) electrons. The molecule has 1 aromatic carbocycles. The maximum absolute atomic E-state index is 12.7. The zero-order valence-electron chi connectivity index (χ0n) is 16.8. The number of nitrogens with two attached hydrogens (primary N) is 1. The molecule has 0 unspecified atom stereocenters. The van der Waals surface area contributed by atoms with E-state index in [1.165, 1.54) is 0 Å². The summed E-state index contributed by atoms with van der Waals surface area (Å²) < 4.78 is 5.80. The molecule has 2 amide bonds. The van der Waals surface area contributed by atoms with Crippen LogP contribution in [0.5, 0.6) is 0 Å². The maximum atomic E-state index is 12.7. The Labute approximate surface area is 162 Å². The SMILES string of the molecule is CC(C)C(=O)N(C)Cc1ccc(C(=O)N2CCC(OCCCN)CC2)cc1. The fourth-order valence-electron chi connectivity index (χ4n) is 3.29. The highest BCUT2D eigenvalue weighted by Gasteiger charge is 2.24. The Morgan fingerprint density at radius 3 is 2.41 bits per heavy atom. The molecule has 1 saturated heterocycles. The van der Waals surface area contributed by atoms with E-state index in [1.54, 1.807) is 11.9 Å². The largest absolute Gasteiger partial charge is 0.378 e. The highest BCUT2D eigenvalue weighted by Crippen LogP contribution is 2.17. The van der Waals surface area contributed by atoms with Crippen LogP contribution in [-0.4, -0.2) is 61.0 Å². The van der Waals surface area contributed by atoms with Crippen LogP contribution >= 0.6 is 0 Å². The van der Waals surface area contributed by atoms with E-state index in [-0.39, 0.29) is 23.8 Å². The molecule has 2 N–H and O–H groups in total. The van der Waals surface area contributed by atoms with Crippen molar-refractivity contribution in [3.05, 3.63) is 35.4 Å². The van der Waals surface area contributed by atoms with E-state index in [1.807, 2.05) is 43.0 Å². The van der Waals surface area contributed by atoms with Crippen molar-refractivity contribution >= 4 is 11.8 Å². The maximum Gasteiger partial charge on any atom is 0.253 e. The minimum Gasteiger partial charge on any atom is -0.378 e. The molecule has 6 nitrogen and oxygen atoms in total. The molecule has 1 heterocycles. The van der Waals surface area contributed by atoms with Gasteiger partial charge in [0.15, 0.2) is 0 Å². The van der Waals surface area contributed by atoms with Gasteiger partial charge >= 0.3 is 0 Å². The predicted octanol–water partition coefficient (Wildman–Crippen LogP) is 2.27. The van der Waals surface area contributed by atoms with Gasteiger partial charge in [0.1, 0.15) is 0 Å². The number of likely N-dealkylation sites (tertiary alicyclic amines) is 1. The third-order valence-electron chi connectivity index (χ3n) is 4.92. The molecule has 1 aliphatic heterocycles. The van der Waals surface area contributed by atoms with Gasteiger partial charge in [-0.25, -0.2) is 0 Å². The Morgan fingerprint density at radius 2 is 1.85 bits per heavy atom. The van der Waals surface area contributed by atoms with Crippen LogP contribution in [0.15, 0.2) is 24.3 Å². The molecular weight excluding hydrogens is 342 g/mol. The number of nitrogens with zero attached hydrogens (tertiary/aromatic N) is 2. The van der Waals surface area contributed by atoms with E-state index in [0.717, 1.165) is 37.9 Å². The molecule has 27 heavy (non-hydrogen) atoms. The second-order valence-electron chi connectivity index (χ2n) is 7.55. The molecule has 6 heteroatoms. The molecule has 0 bridgehead atoms. The highest BCUT2D eigenvalue weighted by molar-refractivity contribution is 5.94. The smallest absolute Gasteiger partial charge is 0.253 e. The predicted molar refractivity (Wildman–Crippen MR) is 106 cm³/mol. The van der Waals surface area contributed by atoms with Gasteiger partial charge in [0.2, 0.25) is 5.91 Å². The molecule has 1 aromatic rings. The van der Waals surface area contributed by atoms with Gasteiger partial charge in [-0.05, 0) is 43.5 Å². The summed E-state index contributed by atoms with van der Waals surface area (Å²) in [4.78, 5) is 28.3.